The summed E-state index contributed by atoms with van der Waals surface area (Å²) in [7, 11) is 0. The zero-order chi connectivity index (χ0) is 27.0. The van der Waals surface area contributed by atoms with Crippen LogP contribution < -0.4 is 21.6 Å². The summed E-state index contributed by atoms with van der Waals surface area (Å²) < 4.78 is 58.4. The van der Waals surface area contributed by atoms with Gasteiger partial charge in [-0.1, -0.05) is 24.9 Å². The Balaban J connectivity index is 1.48. The highest BCUT2D eigenvalue weighted by molar-refractivity contribution is 6.31. The normalized spacial score (nSPS) is 31.0. The number of benzene rings is 1. The molecule has 6 atom stereocenters. The largest absolute Gasteiger partial charge is 0.312 e. The Labute approximate surface area is 223 Å². The second-order valence-electron chi connectivity index (χ2n) is 10.7. The molecule has 0 saturated carbocycles. The number of hydrazine groups is 1. The van der Waals surface area contributed by atoms with E-state index in [0.717, 1.165) is 49.0 Å². The monoisotopic (exact) mass is 556 g/mol. The van der Waals surface area contributed by atoms with Crippen LogP contribution in [0.3, 0.4) is 0 Å². The number of piperidine rings is 1. The van der Waals surface area contributed by atoms with Crippen molar-refractivity contribution in [3.63, 3.8) is 0 Å². The molecule has 2 aromatic rings. The lowest BCUT2D eigenvalue weighted by atomic mass is 9.79. The summed E-state index contributed by atoms with van der Waals surface area (Å²) in [5.74, 6) is -1.51. The van der Waals surface area contributed by atoms with Crippen LogP contribution in [0.15, 0.2) is 29.3 Å². The summed E-state index contributed by atoms with van der Waals surface area (Å²) in [4.78, 5) is 17.6. The fraction of sp³-hybridized carbons (Fsp3) is 0.615. The number of nitrogens with zero attached hydrogens (tertiary/aromatic N) is 3. The quantitative estimate of drug-likeness (QED) is 0.302. The van der Waals surface area contributed by atoms with Crippen molar-refractivity contribution in [2.75, 3.05) is 19.6 Å². The van der Waals surface area contributed by atoms with Gasteiger partial charge in [-0.3, -0.25) is 9.36 Å². The molecule has 0 amide bonds. The van der Waals surface area contributed by atoms with Gasteiger partial charge >= 0.3 is 6.55 Å². The summed E-state index contributed by atoms with van der Waals surface area (Å²) in [5, 5.41) is 7.88. The highest BCUT2D eigenvalue weighted by Gasteiger charge is 2.45. The van der Waals surface area contributed by atoms with Crippen LogP contribution >= 0.6 is 11.6 Å². The van der Waals surface area contributed by atoms with Gasteiger partial charge in [-0.25, -0.2) is 19.2 Å². The van der Waals surface area contributed by atoms with Gasteiger partial charge < -0.3 is 10.6 Å². The Morgan fingerprint density at radius 1 is 1.11 bits per heavy atom. The molecule has 7 nitrogen and oxygen atoms in total. The van der Waals surface area contributed by atoms with Crippen molar-refractivity contribution in [1.29, 1.82) is 0 Å². The van der Waals surface area contributed by atoms with Crippen LogP contribution in [0.5, 0.6) is 0 Å². The lowest BCUT2D eigenvalue weighted by Crippen LogP contribution is -2.56. The zero-order valence-electron chi connectivity index (χ0n) is 21.1. The Morgan fingerprint density at radius 3 is 2.68 bits per heavy atom. The second kappa shape index (κ2) is 11.6. The van der Waals surface area contributed by atoms with Crippen molar-refractivity contribution in [3.05, 3.63) is 51.5 Å². The first-order chi connectivity index (χ1) is 18.2. The van der Waals surface area contributed by atoms with Gasteiger partial charge in [0.2, 0.25) is 0 Å². The maximum Gasteiger partial charge on any atom is 0.307 e. The van der Waals surface area contributed by atoms with E-state index < -0.39 is 29.3 Å². The average Bonchev–Trinajstić information content (AvgIpc) is 3.32. The topological polar surface area (TPSA) is 74.2 Å². The van der Waals surface area contributed by atoms with Gasteiger partial charge in [0.1, 0.15) is 5.82 Å². The summed E-state index contributed by atoms with van der Waals surface area (Å²) in [5.41, 5.74) is 1.90. The van der Waals surface area contributed by atoms with Crippen LogP contribution in [0.25, 0.3) is 11.3 Å². The minimum Gasteiger partial charge on any atom is -0.312 e. The number of alkyl halides is 2. The van der Waals surface area contributed by atoms with E-state index >= 15 is 0 Å². The van der Waals surface area contributed by atoms with Gasteiger partial charge in [0.15, 0.2) is 5.82 Å². The second-order valence-corrected chi connectivity index (χ2v) is 11.1. The molecule has 3 fully saturated rings. The first-order valence-corrected chi connectivity index (χ1v) is 13.6. The van der Waals surface area contributed by atoms with Crippen molar-refractivity contribution in [3.8, 4) is 11.3 Å². The van der Waals surface area contributed by atoms with E-state index in [2.05, 4.69) is 28.0 Å². The third kappa shape index (κ3) is 5.49. The van der Waals surface area contributed by atoms with Crippen LogP contribution in [0.2, 0.25) is 5.02 Å². The smallest absolute Gasteiger partial charge is 0.307 e. The first kappa shape index (κ1) is 27.5. The number of aromatic nitrogens is 2. The van der Waals surface area contributed by atoms with Crippen molar-refractivity contribution < 1.29 is 17.6 Å². The van der Waals surface area contributed by atoms with E-state index in [9.17, 15) is 22.4 Å². The minimum absolute atomic E-state index is 0.0161. The summed E-state index contributed by atoms with van der Waals surface area (Å²) in [6.07, 6.45) is 5.14. The lowest BCUT2D eigenvalue weighted by Gasteiger charge is -2.42. The van der Waals surface area contributed by atoms with Gasteiger partial charge in [-0.15, -0.1) is 0 Å². The van der Waals surface area contributed by atoms with E-state index in [1.54, 1.807) is 0 Å². The number of rotatable bonds is 3. The van der Waals surface area contributed by atoms with Gasteiger partial charge in [-0.05, 0) is 62.7 Å². The minimum atomic E-state index is -2.62. The fourth-order valence-corrected chi connectivity index (χ4v) is 6.54. The molecule has 5 rings (SSSR count). The maximum atomic E-state index is 14.6. The molecule has 0 spiro atoms. The molecular weight excluding hydrogens is 524 g/mol. The molecule has 1 aromatic carbocycles. The van der Waals surface area contributed by atoms with Crippen molar-refractivity contribution >= 4 is 11.6 Å². The first-order valence-electron chi connectivity index (χ1n) is 13.2. The molecule has 1 aromatic heterocycles. The number of nitrogens with one attached hydrogen (secondary N) is 3. The molecule has 2 bridgehead atoms. The Kier molecular flexibility index (Phi) is 8.39. The molecule has 3 saturated heterocycles. The third-order valence-corrected chi connectivity index (χ3v) is 8.57. The van der Waals surface area contributed by atoms with Gasteiger partial charge in [0.25, 0.3) is 5.56 Å². The summed E-state index contributed by atoms with van der Waals surface area (Å²) >= 11 is 5.83. The molecule has 38 heavy (non-hydrogen) atoms. The van der Waals surface area contributed by atoms with Crippen LogP contribution in [0, 0.1) is 23.5 Å². The van der Waals surface area contributed by atoms with E-state index in [1.807, 2.05) is 0 Å². The molecule has 3 aliphatic rings. The Morgan fingerprint density at radius 2 is 1.92 bits per heavy atom. The van der Waals surface area contributed by atoms with Gasteiger partial charge in [-0.2, -0.15) is 13.8 Å². The van der Waals surface area contributed by atoms with Crippen LogP contribution in [-0.4, -0.2) is 58.9 Å². The molecular formula is C26H33ClF4N6O. The molecule has 12 heteroatoms. The third-order valence-electron chi connectivity index (χ3n) is 8.28. The van der Waals surface area contributed by atoms with E-state index in [-0.39, 0.29) is 40.8 Å². The van der Waals surface area contributed by atoms with Gasteiger partial charge in [0.05, 0.1) is 28.6 Å². The molecule has 4 unspecified atom stereocenters. The highest BCUT2D eigenvalue weighted by atomic mass is 35.5. The predicted octanol–water partition coefficient (Wildman–Crippen LogP) is 3.94. The number of hydrogen-bond acceptors (Lipinski definition) is 6. The number of hydrogen-bond donors (Lipinski definition) is 3. The lowest BCUT2D eigenvalue weighted by molar-refractivity contribution is -0.0841. The molecule has 3 N–H and O–H groups in total. The van der Waals surface area contributed by atoms with E-state index in [1.165, 1.54) is 10.9 Å². The molecule has 4 heterocycles. The van der Waals surface area contributed by atoms with E-state index in [4.69, 9.17) is 11.6 Å². The zero-order valence-corrected chi connectivity index (χ0v) is 21.9. The van der Waals surface area contributed by atoms with Crippen molar-refractivity contribution in [1.82, 2.24) is 30.6 Å². The standard InChI is InChI=1S/C26H33ClF4N6O/c1-14-3-2-4-21(36-13-34-19(10-22(36)38)23-17(28)6-5-16(27)24(23)29)18-9-15(7-8-32-18)25-20(33-11-14)12-35-37(25)26(30)31/h5-6,10,13-15,18,20-21,25-26,32-33,35H,2-4,7-9,11-12H2,1H3/t14-,15?,18?,20?,21+,25?/m1/s1. The SMILES string of the molecule is C[C@@H]1CCC[C@H](n2cnc(-c3c(F)ccc(Cl)c3F)cc2=O)C2CC(CCN2)C2C(CNN2C(F)F)NC1. The van der Waals surface area contributed by atoms with Crippen LogP contribution in [0.4, 0.5) is 17.6 Å². The number of halogens is 5. The highest BCUT2D eigenvalue weighted by Crippen LogP contribution is 2.35. The van der Waals surface area contributed by atoms with Crippen LogP contribution in [-0.2, 0) is 0 Å². The Hall–Kier alpha value is -2.05. The van der Waals surface area contributed by atoms with Gasteiger partial charge in [0, 0.05) is 30.7 Å². The maximum absolute atomic E-state index is 14.6. The predicted molar refractivity (Wildman–Crippen MR) is 137 cm³/mol. The van der Waals surface area contributed by atoms with Crippen LogP contribution in [0.1, 0.15) is 45.1 Å². The molecule has 0 radical (unpaired) electrons. The van der Waals surface area contributed by atoms with E-state index in [0.29, 0.717) is 31.8 Å². The molecule has 3 aliphatic heterocycles. The summed E-state index contributed by atoms with van der Waals surface area (Å²) in [6, 6.07) is 2.38. The fourth-order valence-electron chi connectivity index (χ4n) is 6.38. The molecule has 208 valence electrons. The molecule has 0 aliphatic carbocycles. The van der Waals surface area contributed by atoms with Crippen molar-refractivity contribution in [2.24, 2.45) is 11.8 Å². The number of fused-ring (bicyclic) bond motifs is 4. The summed E-state index contributed by atoms with van der Waals surface area (Å²) in [6.45, 7) is 1.33. The average molecular weight is 557 g/mol. The Bertz CT molecular complexity index is 1200. The van der Waals surface area contributed by atoms with Crippen molar-refractivity contribution in [2.45, 2.75) is 69.7 Å².